The average Bonchev–Trinajstić information content (AvgIpc) is 2.80. The van der Waals surface area contributed by atoms with E-state index in [0.717, 1.165) is 0 Å². The molecule has 182 valence electrons. The second-order valence-electron chi connectivity index (χ2n) is 8.91. The standard InChI is InChI=1S/C26H26Cl2N4O3/c1-14(2)29-26-30-23-13-31(24(34)18-7-10-21(27)22(28)12-18)15(3)11-20(23)25(35)32(26)19-8-5-17(6-9-19)16(4)33/h5-10,12,14-15,33H,4,11,13H2,1-3H3,(H,29,30)/t15-/m1/s1. The molecule has 0 saturated heterocycles. The second-order valence-corrected chi connectivity index (χ2v) is 9.72. The summed E-state index contributed by atoms with van der Waals surface area (Å²) in [6.45, 7) is 9.55. The van der Waals surface area contributed by atoms with Crippen molar-refractivity contribution < 1.29 is 9.90 Å². The van der Waals surface area contributed by atoms with Crippen molar-refractivity contribution >= 4 is 40.8 Å². The summed E-state index contributed by atoms with van der Waals surface area (Å²) in [6, 6.07) is 11.4. The van der Waals surface area contributed by atoms with E-state index >= 15 is 0 Å². The van der Waals surface area contributed by atoms with Crippen molar-refractivity contribution in [2.24, 2.45) is 0 Å². The molecule has 1 aromatic heterocycles. The maximum atomic E-state index is 13.7. The zero-order valence-corrected chi connectivity index (χ0v) is 21.2. The number of halogens is 2. The Kier molecular flexibility index (Phi) is 6.92. The van der Waals surface area contributed by atoms with E-state index in [9.17, 15) is 14.7 Å². The van der Waals surface area contributed by atoms with Gasteiger partial charge in [0, 0.05) is 28.8 Å². The van der Waals surface area contributed by atoms with E-state index in [0.29, 0.717) is 50.5 Å². The number of benzene rings is 2. The number of carbonyl (C=O) groups excluding carboxylic acids is 1. The summed E-state index contributed by atoms with van der Waals surface area (Å²) < 4.78 is 1.53. The van der Waals surface area contributed by atoms with Crippen LogP contribution in [-0.2, 0) is 13.0 Å². The van der Waals surface area contributed by atoms with Crippen LogP contribution in [0.5, 0.6) is 0 Å². The lowest BCUT2D eigenvalue weighted by molar-refractivity contribution is 0.0653. The van der Waals surface area contributed by atoms with Gasteiger partial charge in [-0.05, 0) is 69.7 Å². The lowest BCUT2D eigenvalue weighted by Gasteiger charge is -2.34. The highest BCUT2D eigenvalue weighted by Gasteiger charge is 2.32. The van der Waals surface area contributed by atoms with Crippen LogP contribution in [0, 0.1) is 0 Å². The van der Waals surface area contributed by atoms with Crippen LogP contribution < -0.4 is 10.9 Å². The molecular formula is C26H26Cl2N4O3. The summed E-state index contributed by atoms with van der Waals surface area (Å²) in [5.41, 5.74) is 2.54. The van der Waals surface area contributed by atoms with Gasteiger partial charge in [-0.2, -0.15) is 0 Å². The fourth-order valence-corrected chi connectivity index (χ4v) is 4.42. The first kappa shape index (κ1) is 24.8. The van der Waals surface area contributed by atoms with Gasteiger partial charge < -0.3 is 15.3 Å². The van der Waals surface area contributed by atoms with E-state index in [1.165, 1.54) is 4.57 Å². The Morgan fingerprint density at radius 1 is 1.14 bits per heavy atom. The van der Waals surface area contributed by atoms with E-state index in [4.69, 9.17) is 28.2 Å². The second kappa shape index (κ2) is 9.76. The number of fused-ring (bicyclic) bond motifs is 1. The highest BCUT2D eigenvalue weighted by Crippen LogP contribution is 2.27. The zero-order valence-electron chi connectivity index (χ0n) is 19.7. The third kappa shape index (κ3) is 4.92. The maximum absolute atomic E-state index is 13.7. The Bertz CT molecular complexity index is 1370. The van der Waals surface area contributed by atoms with Gasteiger partial charge in [0.15, 0.2) is 0 Å². The molecule has 1 aliphatic heterocycles. The molecule has 0 fully saturated rings. The summed E-state index contributed by atoms with van der Waals surface area (Å²) in [5, 5.41) is 13.6. The summed E-state index contributed by atoms with van der Waals surface area (Å²) >= 11 is 12.1. The number of carbonyl (C=O) groups is 1. The quantitative estimate of drug-likeness (QED) is 0.442. The van der Waals surface area contributed by atoms with Crippen LogP contribution in [0.3, 0.4) is 0 Å². The van der Waals surface area contributed by atoms with E-state index in [1.54, 1.807) is 47.4 Å². The Morgan fingerprint density at radius 3 is 2.40 bits per heavy atom. The molecule has 4 rings (SSSR count). The molecule has 1 aliphatic rings. The Morgan fingerprint density at radius 2 is 1.80 bits per heavy atom. The van der Waals surface area contributed by atoms with Crippen molar-refractivity contribution in [3.8, 4) is 5.69 Å². The number of nitrogens with one attached hydrogen (secondary N) is 1. The molecule has 1 amide bonds. The van der Waals surface area contributed by atoms with E-state index < -0.39 is 0 Å². The van der Waals surface area contributed by atoms with Gasteiger partial charge in [0.25, 0.3) is 11.5 Å². The molecule has 2 N–H and O–H groups in total. The van der Waals surface area contributed by atoms with Crippen molar-refractivity contribution in [2.45, 2.75) is 45.8 Å². The summed E-state index contributed by atoms with van der Waals surface area (Å²) in [4.78, 5) is 33.4. The Labute approximate surface area is 213 Å². The van der Waals surface area contributed by atoms with Gasteiger partial charge in [-0.15, -0.1) is 0 Å². The van der Waals surface area contributed by atoms with Crippen LogP contribution in [0.25, 0.3) is 11.4 Å². The fourth-order valence-electron chi connectivity index (χ4n) is 4.12. The van der Waals surface area contributed by atoms with Gasteiger partial charge in [0.2, 0.25) is 5.95 Å². The minimum absolute atomic E-state index is 0.0131. The number of aliphatic hydroxyl groups excluding tert-OH is 1. The molecule has 2 heterocycles. The molecular weight excluding hydrogens is 487 g/mol. The molecule has 7 nitrogen and oxygen atoms in total. The van der Waals surface area contributed by atoms with Crippen molar-refractivity contribution in [3.63, 3.8) is 0 Å². The van der Waals surface area contributed by atoms with Crippen LogP contribution in [0.2, 0.25) is 10.0 Å². The first-order valence-corrected chi connectivity index (χ1v) is 12.0. The minimum atomic E-state index is -0.226. The summed E-state index contributed by atoms with van der Waals surface area (Å²) in [7, 11) is 0. The number of aromatic nitrogens is 2. The molecule has 0 spiro atoms. The molecule has 0 aliphatic carbocycles. The average molecular weight is 513 g/mol. The van der Waals surface area contributed by atoms with Crippen LogP contribution in [0.4, 0.5) is 5.95 Å². The summed E-state index contributed by atoms with van der Waals surface area (Å²) in [5.74, 6) is 0.134. The highest BCUT2D eigenvalue weighted by molar-refractivity contribution is 6.42. The molecule has 0 unspecified atom stereocenters. The molecule has 0 radical (unpaired) electrons. The van der Waals surface area contributed by atoms with Gasteiger partial charge in [-0.25, -0.2) is 9.55 Å². The van der Waals surface area contributed by atoms with Gasteiger partial charge >= 0.3 is 0 Å². The molecule has 3 aromatic rings. The number of anilines is 1. The predicted octanol–water partition coefficient (Wildman–Crippen LogP) is 5.48. The van der Waals surface area contributed by atoms with Crippen LogP contribution in [-0.4, -0.2) is 37.5 Å². The van der Waals surface area contributed by atoms with Crippen molar-refractivity contribution in [1.29, 1.82) is 0 Å². The van der Waals surface area contributed by atoms with E-state index in [2.05, 4.69) is 11.9 Å². The smallest absolute Gasteiger partial charge is 0.263 e. The monoisotopic (exact) mass is 512 g/mol. The van der Waals surface area contributed by atoms with E-state index in [1.807, 2.05) is 20.8 Å². The van der Waals surface area contributed by atoms with Crippen molar-refractivity contribution in [1.82, 2.24) is 14.5 Å². The van der Waals surface area contributed by atoms with Crippen LogP contribution in [0.15, 0.2) is 53.8 Å². The molecule has 2 aromatic carbocycles. The number of amides is 1. The Hall–Kier alpha value is -3.29. The van der Waals surface area contributed by atoms with Crippen molar-refractivity contribution in [2.75, 3.05) is 5.32 Å². The third-order valence-corrected chi connectivity index (χ3v) is 6.66. The number of hydrogen-bond donors (Lipinski definition) is 2. The minimum Gasteiger partial charge on any atom is -0.508 e. The predicted molar refractivity (Wildman–Crippen MR) is 140 cm³/mol. The van der Waals surface area contributed by atoms with Crippen LogP contribution >= 0.6 is 23.2 Å². The zero-order chi connectivity index (χ0) is 25.4. The Balaban J connectivity index is 1.77. The van der Waals surface area contributed by atoms with Gasteiger partial charge in [0.05, 0.1) is 28.0 Å². The van der Waals surface area contributed by atoms with Gasteiger partial charge in [-0.1, -0.05) is 29.8 Å². The summed E-state index contributed by atoms with van der Waals surface area (Å²) in [6.07, 6.45) is 0.363. The number of nitrogens with zero attached hydrogens (tertiary/aromatic N) is 3. The molecule has 0 saturated carbocycles. The van der Waals surface area contributed by atoms with Crippen LogP contribution in [0.1, 0.15) is 48.0 Å². The molecule has 1 atom stereocenters. The molecule has 0 bridgehead atoms. The van der Waals surface area contributed by atoms with E-state index in [-0.39, 0.29) is 35.9 Å². The lowest BCUT2D eigenvalue weighted by atomic mass is 9.98. The maximum Gasteiger partial charge on any atom is 0.263 e. The van der Waals surface area contributed by atoms with Crippen molar-refractivity contribution in [3.05, 3.63) is 91.8 Å². The van der Waals surface area contributed by atoms with Gasteiger partial charge in [-0.3, -0.25) is 9.59 Å². The molecule has 9 heteroatoms. The molecule has 35 heavy (non-hydrogen) atoms. The largest absolute Gasteiger partial charge is 0.508 e. The number of aliphatic hydroxyl groups is 1. The number of rotatable bonds is 5. The normalized spacial score (nSPS) is 15.1. The SMILES string of the molecule is C=C(O)c1ccc(-n2c(NC(C)C)nc3c(c2=O)C[C@@H](C)N(C(=O)c2ccc(Cl)c(Cl)c2)C3)cc1. The van der Waals surface area contributed by atoms with Gasteiger partial charge in [0.1, 0.15) is 5.76 Å². The fraction of sp³-hybridized carbons (Fsp3) is 0.269. The third-order valence-electron chi connectivity index (χ3n) is 5.92. The topological polar surface area (TPSA) is 87.5 Å². The highest BCUT2D eigenvalue weighted by atomic mass is 35.5. The first-order chi connectivity index (χ1) is 16.6. The lowest BCUT2D eigenvalue weighted by Crippen LogP contribution is -2.46. The number of hydrogen-bond acceptors (Lipinski definition) is 5. The first-order valence-electron chi connectivity index (χ1n) is 11.2.